The van der Waals surface area contributed by atoms with Crippen LogP contribution in [-0.2, 0) is 9.53 Å². The normalized spacial score (nSPS) is 36.0. The van der Waals surface area contributed by atoms with Gasteiger partial charge in [0.2, 0.25) is 0 Å². The monoisotopic (exact) mass is 152 g/mol. The Labute approximate surface area is 66.2 Å². The first kappa shape index (κ1) is 6.89. The average Bonchev–Trinajstić information content (AvgIpc) is 2.41. The van der Waals surface area contributed by atoms with Crippen LogP contribution in [0.25, 0.3) is 0 Å². The summed E-state index contributed by atoms with van der Waals surface area (Å²) in [6, 6.07) is 0. The van der Waals surface area contributed by atoms with E-state index in [1.807, 2.05) is 6.92 Å². The maximum absolute atomic E-state index is 11.1. The molecular formula is C9H12O2. The Balaban J connectivity index is 2.38. The minimum absolute atomic E-state index is 0.0724. The molecule has 0 radical (unpaired) electrons. The molecule has 1 saturated heterocycles. The number of ether oxygens (including phenoxy) is 1. The van der Waals surface area contributed by atoms with Gasteiger partial charge in [0, 0.05) is 11.5 Å². The lowest BCUT2D eigenvalue weighted by Crippen LogP contribution is -2.06. The lowest BCUT2D eigenvalue weighted by Gasteiger charge is -2.07. The van der Waals surface area contributed by atoms with E-state index in [1.165, 1.54) is 5.57 Å². The zero-order chi connectivity index (χ0) is 8.01. The van der Waals surface area contributed by atoms with Gasteiger partial charge in [-0.25, -0.2) is 4.79 Å². The predicted octanol–water partition coefficient (Wildman–Crippen LogP) is 1.52. The van der Waals surface area contributed by atoms with Crippen molar-refractivity contribution in [3.8, 4) is 0 Å². The molecule has 1 aliphatic carbocycles. The van der Waals surface area contributed by atoms with Gasteiger partial charge in [0.25, 0.3) is 0 Å². The first-order valence-corrected chi connectivity index (χ1v) is 4.07. The first-order chi connectivity index (χ1) is 5.20. The lowest BCUT2D eigenvalue weighted by molar-refractivity contribution is -0.135. The molecule has 0 aromatic carbocycles. The minimum atomic E-state index is -0.0724. The van der Waals surface area contributed by atoms with Gasteiger partial charge in [-0.3, -0.25) is 0 Å². The van der Waals surface area contributed by atoms with Crippen LogP contribution >= 0.6 is 0 Å². The molecule has 1 aliphatic heterocycles. The van der Waals surface area contributed by atoms with Gasteiger partial charge in [0.15, 0.2) is 0 Å². The SMILES string of the molecule is CC1=C2C(=O)OCC2C(C)C1. The first-order valence-electron chi connectivity index (χ1n) is 4.07. The van der Waals surface area contributed by atoms with Crippen molar-refractivity contribution in [2.75, 3.05) is 6.61 Å². The molecule has 0 amide bonds. The Bertz CT molecular complexity index is 240. The second-order valence-electron chi connectivity index (χ2n) is 3.58. The highest BCUT2D eigenvalue weighted by Gasteiger charge is 2.40. The molecule has 0 N–H and O–H groups in total. The Kier molecular flexibility index (Phi) is 1.31. The molecule has 2 heteroatoms. The zero-order valence-corrected chi connectivity index (χ0v) is 6.89. The van der Waals surface area contributed by atoms with E-state index in [9.17, 15) is 4.79 Å². The molecule has 2 unspecified atom stereocenters. The van der Waals surface area contributed by atoms with Crippen LogP contribution in [0.2, 0.25) is 0 Å². The van der Waals surface area contributed by atoms with E-state index < -0.39 is 0 Å². The second kappa shape index (κ2) is 2.10. The minimum Gasteiger partial charge on any atom is -0.462 e. The van der Waals surface area contributed by atoms with Crippen LogP contribution in [0.15, 0.2) is 11.1 Å². The quantitative estimate of drug-likeness (QED) is 0.492. The Hall–Kier alpha value is -0.790. The molecule has 11 heavy (non-hydrogen) atoms. The number of hydrogen-bond acceptors (Lipinski definition) is 2. The van der Waals surface area contributed by atoms with Crippen molar-refractivity contribution >= 4 is 5.97 Å². The van der Waals surface area contributed by atoms with Gasteiger partial charge < -0.3 is 4.74 Å². The molecule has 1 heterocycles. The van der Waals surface area contributed by atoms with Crippen molar-refractivity contribution in [3.63, 3.8) is 0 Å². The summed E-state index contributed by atoms with van der Waals surface area (Å²) in [5.41, 5.74) is 2.21. The maximum Gasteiger partial charge on any atom is 0.334 e. The number of hydrogen-bond donors (Lipinski definition) is 0. The smallest absolute Gasteiger partial charge is 0.334 e. The summed E-state index contributed by atoms with van der Waals surface area (Å²) in [6.45, 7) is 4.84. The average molecular weight is 152 g/mol. The molecule has 0 aromatic rings. The number of cyclic esters (lactones) is 1. The number of allylic oxidation sites excluding steroid dienone is 1. The van der Waals surface area contributed by atoms with Gasteiger partial charge in [-0.05, 0) is 19.3 Å². The van der Waals surface area contributed by atoms with Crippen molar-refractivity contribution in [3.05, 3.63) is 11.1 Å². The van der Waals surface area contributed by atoms with E-state index in [-0.39, 0.29) is 5.97 Å². The van der Waals surface area contributed by atoms with Crippen LogP contribution in [0.1, 0.15) is 20.3 Å². The van der Waals surface area contributed by atoms with E-state index in [1.54, 1.807) is 0 Å². The fraction of sp³-hybridized carbons (Fsp3) is 0.667. The number of rotatable bonds is 0. The molecule has 0 aromatic heterocycles. The van der Waals surface area contributed by atoms with Crippen molar-refractivity contribution in [1.82, 2.24) is 0 Å². The number of esters is 1. The van der Waals surface area contributed by atoms with Crippen LogP contribution in [-0.4, -0.2) is 12.6 Å². The molecule has 0 spiro atoms. The third-order valence-electron chi connectivity index (χ3n) is 2.76. The van der Waals surface area contributed by atoms with Crippen LogP contribution in [0.3, 0.4) is 0 Å². The molecule has 1 fully saturated rings. The maximum atomic E-state index is 11.1. The Morgan fingerprint density at radius 2 is 2.27 bits per heavy atom. The summed E-state index contributed by atoms with van der Waals surface area (Å²) >= 11 is 0. The van der Waals surface area contributed by atoms with Crippen molar-refractivity contribution in [2.24, 2.45) is 11.8 Å². The fourth-order valence-corrected chi connectivity index (χ4v) is 2.15. The second-order valence-corrected chi connectivity index (χ2v) is 3.58. The Morgan fingerprint density at radius 3 is 2.91 bits per heavy atom. The van der Waals surface area contributed by atoms with Crippen LogP contribution in [0.4, 0.5) is 0 Å². The molecular weight excluding hydrogens is 140 g/mol. The number of carbonyl (C=O) groups excluding carboxylic acids is 1. The van der Waals surface area contributed by atoms with E-state index >= 15 is 0 Å². The van der Waals surface area contributed by atoms with Gasteiger partial charge in [-0.15, -0.1) is 0 Å². The molecule has 2 rings (SSSR count). The van der Waals surface area contributed by atoms with Gasteiger partial charge in [-0.1, -0.05) is 12.5 Å². The number of carbonyl (C=O) groups is 1. The molecule has 0 saturated carbocycles. The predicted molar refractivity (Wildman–Crippen MR) is 40.9 cm³/mol. The molecule has 60 valence electrons. The third kappa shape index (κ3) is 0.817. The highest BCUT2D eigenvalue weighted by atomic mass is 16.5. The van der Waals surface area contributed by atoms with Gasteiger partial charge in [0.1, 0.15) is 0 Å². The summed E-state index contributed by atoms with van der Waals surface area (Å²) in [4.78, 5) is 11.1. The Morgan fingerprint density at radius 1 is 1.55 bits per heavy atom. The fourth-order valence-electron chi connectivity index (χ4n) is 2.15. The van der Waals surface area contributed by atoms with Gasteiger partial charge >= 0.3 is 5.97 Å². The van der Waals surface area contributed by atoms with E-state index in [2.05, 4.69) is 6.92 Å². The van der Waals surface area contributed by atoms with Crippen LogP contribution in [0, 0.1) is 11.8 Å². The third-order valence-corrected chi connectivity index (χ3v) is 2.76. The summed E-state index contributed by atoms with van der Waals surface area (Å²) in [7, 11) is 0. The molecule has 2 nitrogen and oxygen atoms in total. The topological polar surface area (TPSA) is 26.3 Å². The van der Waals surface area contributed by atoms with Gasteiger partial charge in [0.05, 0.1) is 6.61 Å². The zero-order valence-electron chi connectivity index (χ0n) is 6.89. The summed E-state index contributed by atoms with van der Waals surface area (Å²) in [5, 5.41) is 0. The molecule has 2 aliphatic rings. The molecule has 0 bridgehead atoms. The summed E-state index contributed by atoms with van der Waals surface area (Å²) in [5.74, 6) is 0.941. The van der Waals surface area contributed by atoms with E-state index in [4.69, 9.17) is 4.74 Å². The summed E-state index contributed by atoms with van der Waals surface area (Å²) in [6.07, 6.45) is 1.08. The van der Waals surface area contributed by atoms with E-state index in [0.717, 1.165) is 12.0 Å². The standard InChI is InChI=1S/C9H12O2/c1-5-3-6(2)8-7(5)4-11-9(8)10/h5,7H,3-4H2,1-2H3. The highest BCUT2D eigenvalue weighted by Crippen LogP contribution is 2.40. The largest absolute Gasteiger partial charge is 0.462 e. The number of fused-ring (bicyclic) bond motifs is 1. The van der Waals surface area contributed by atoms with E-state index in [0.29, 0.717) is 18.4 Å². The molecule has 2 atom stereocenters. The van der Waals surface area contributed by atoms with Crippen LogP contribution in [0.5, 0.6) is 0 Å². The summed E-state index contributed by atoms with van der Waals surface area (Å²) < 4.78 is 4.96. The van der Waals surface area contributed by atoms with Crippen molar-refractivity contribution in [2.45, 2.75) is 20.3 Å². The highest BCUT2D eigenvalue weighted by molar-refractivity contribution is 5.92. The van der Waals surface area contributed by atoms with Crippen molar-refractivity contribution in [1.29, 1.82) is 0 Å². The van der Waals surface area contributed by atoms with Gasteiger partial charge in [-0.2, -0.15) is 0 Å². The van der Waals surface area contributed by atoms with Crippen LogP contribution < -0.4 is 0 Å². The van der Waals surface area contributed by atoms with Crippen molar-refractivity contribution < 1.29 is 9.53 Å². The lowest BCUT2D eigenvalue weighted by atomic mass is 9.95.